The van der Waals surface area contributed by atoms with E-state index in [1.54, 1.807) is 31.0 Å². The summed E-state index contributed by atoms with van der Waals surface area (Å²) in [6.07, 6.45) is -9.55. The number of amides is 3. The van der Waals surface area contributed by atoms with E-state index in [9.17, 15) is 44.7 Å². The molecule has 2 aromatic carbocycles. The smallest absolute Gasteiger partial charge is 0.261 e. The van der Waals surface area contributed by atoms with E-state index in [0.29, 0.717) is 24.2 Å². The van der Waals surface area contributed by atoms with E-state index in [0.717, 1.165) is 11.1 Å². The van der Waals surface area contributed by atoms with Gasteiger partial charge in [-0.15, -0.1) is 0 Å². The number of hydrogen-bond acceptors (Lipinski definition) is 11. The monoisotopic (exact) mass is 671 g/mol. The molecule has 15 heteroatoms. The Morgan fingerprint density at radius 3 is 2.45 bits per heavy atom. The summed E-state index contributed by atoms with van der Waals surface area (Å²) in [4.78, 5) is 53.9. The summed E-state index contributed by atoms with van der Waals surface area (Å²) in [5.74, 6) is -2.25. The van der Waals surface area contributed by atoms with Crippen LogP contribution in [0.4, 0.5) is 11.4 Å². The molecule has 4 heterocycles. The molecule has 0 saturated carbocycles. The van der Waals surface area contributed by atoms with E-state index < -0.39 is 80.0 Å². The van der Waals surface area contributed by atoms with Crippen molar-refractivity contribution in [1.29, 1.82) is 0 Å². The Hall–Kier alpha value is -3.25. The summed E-state index contributed by atoms with van der Waals surface area (Å²) in [6.45, 7) is 5.37. The van der Waals surface area contributed by atoms with Crippen LogP contribution in [-0.4, -0.2) is 111 Å². The highest BCUT2D eigenvalue weighted by atomic mass is 28.4. The summed E-state index contributed by atoms with van der Waals surface area (Å²) >= 11 is 0. The lowest BCUT2D eigenvalue weighted by Gasteiger charge is -2.37. The minimum atomic E-state index is -3.09. The van der Waals surface area contributed by atoms with Crippen molar-refractivity contribution in [3.63, 3.8) is 0 Å². The fraction of sp³-hybridized carbons (Fsp3) is 0.531. The number of carbonyl (C=O) groups is 3. The van der Waals surface area contributed by atoms with Crippen molar-refractivity contribution >= 4 is 37.4 Å². The average Bonchev–Trinajstić information content (AvgIpc) is 3.48. The maximum absolute atomic E-state index is 13.9. The summed E-state index contributed by atoms with van der Waals surface area (Å²) in [7, 11) is -3.09. The van der Waals surface area contributed by atoms with Crippen molar-refractivity contribution in [1.82, 2.24) is 4.90 Å². The number of fused-ring (bicyclic) bond motifs is 3. The van der Waals surface area contributed by atoms with Crippen LogP contribution >= 0.6 is 0 Å². The van der Waals surface area contributed by atoms with Crippen molar-refractivity contribution < 1.29 is 54.2 Å². The van der Waals surface area contributed by atoms with Gasteiger partial charge in [0.25, 0.3) is 11.8 Å². The third-order valence-electron chi connectivity index (χ3n) is 10.1. The second-order valence-electron chi connectivity index (χ2n) is 13.5. The minimum absolute atomic E-state index is 0.126. The zero-order chi connectivity index (χ0) is 34.0. The standard InChI is InChI=1S/C32H41N3O11Si/c1-15-28(47(2,3)44)22(12-23(37)35-13-17-7-5-4-6-16(17)10-19(35)14-36)46-32(15)20-11-18(8-9-21(20)34-31(32)43)33-29(41)27-25(39)24(38)26(40)30(42)45-27/h4-9,11,15,19,22,24-28,30,36,38-40,42,44H,10,12-14H2,1-3H3,(H,33,41)(H,34,43)/t15-,19+,22+,24+,25+,26-,27+,28-,30-,32+/m1/s1. The zero-order valence-corrected chi connectivity index (χ0v) is 27.2. The molecule has 1 spiro atoms. The quantitative estimate of drug-likeness (QED) is 0.183. The number of nitrogens with one attached hydrogen (secondary N) is 2. The number of carbonyl (C=O) groups excluding carboxylic acids is 3. The highest BCUT2D eigenvalue weighted by Gasteiger charge is 2.65. The van der Waals surface area contributed by atoms with Gasteiger partial charge < -0.3 is 55.3 Å². The Labute approximate surface area is 272 Å². The third-order valence-corrected chi connectivity index (χ3v) is 12.6. The van der Waals surface area contributed by atoms with Crippen LogP contribution < -0.4 is 10.6 Å². The van der Waals surface area contributed by atoms with Crippen LogP contribution in [0.3, 0.4) is 0 Å². The van der Waals surface area contributed by atoms with Gasteiger partial charge >= 0.3 is 0 Å². The Morgan fingerprint density at radius 2 is 1.77 bits per heavy atom. The Balaban J connectivity index is 1.27. The van der Waals surface area contributed by atoms with Crippen LogP contribution in [0, 0.1) is 5.92 Å². The second-order valence-corrected chi connectivity index (χ2v) is 17.5. The minimum Gasteiger partial charge on any atom is -0.432 e. The molecule has 14 nitrogen and oxygen atoms in total. The lowest BCUT2D eigenvalue weighted by molar-refractivity contribution is -0.274. The number of rotatable bonds is 6. The predicted molar refractivity (Wildman–Crippen MR) is 168 cm³/mol. The van der Waals surface area contributed by atoms with Gasteiger partial charge in [-0.1, -0.05) is 31.2 Å². The van der Waals surface area contributed by atoms with Gasteiger partial charge in [0.15, 0.2) is 26.3 Å². The predicted octanol–water partition coefficient (Wildman–Crippen LogP) is -0.489. The van der Waals surface area contributed by atoms with Crippen LogP contribution in [0.15, 0.2) is 42.5 Å². The largest absolute Gasteiger partial charge is 0.432 e. The number of ether oxygens (including phenoxy) is 2. The number of benzene rings is 2. The maximum Gasteiger partial charge on any atom is 0.261 e. The topological polar surface area (TPSA) is 218 Å². The molecule has 0 unspecified atom stereocenters. The van der Waals surface area contributed by atoms with Gasteiger partial charge in [-0.25, -0.2) is 0 Å². The lowest BCUT2D eigenvalue weighted by Crippen LogP contribution is -2.60. The van der Waals surface area contributed by atoms with Gasteiger partial charge in [-0.3, -0.25) is 14.4 Å². The molecule has 3 amide bonds. The molecule has 2 aromatic rings. The number of anilines is 2. The van der Waals surface area contributed by atoms with Crippen LogP contribution in [0.5, 0.6) is 0 Å². The molecule has 254 valence electrons. The van der Waals surface area contributed by atoms with E-state index in [-0.39, 0.29) is 24.6 Å². The molecule has 4 aliphatic rings. The van der Waals surface area contributed by atoms with Gasteiger partial charge in [0.2, 0.25) is 5.91 Å². The van der Waals surface area contributed by atoms with Crippen molar-refractivity contribution in [2.45, 2.75) is 93.4 Å². The van der Waals surface area contributed by atoms with Gasteiger partial charge in [0.05, 0.1) is 25.2 Å². The molecule has 6 rings (SSSR count). The first kappa shape index (κ1) is 33.6. The molecule has 0 aliphatic carbocycles. The van der Waals surface area contributed by atoms with E-state index in [1.165, 1.54) is 12.1 Å². The molecule has 8 N–H and O–H groups in total. The van der Waals surface area contributed by atoms with E-state index in [2.05, 4.69) is 10.6 Å². The van der Waals surface area contributed by atoms with E-state index >= 15 is 0 Å². The normalized spacial score (nSPS) is 35.0. The van der Waals surface area contributed by atoms with Gasteiger partial charge in [0, 0.05) is 34.9 Å². The Bertz CT molecular complexity index is 1570. The number of aliphatic hydroxyl groups is 5. The summed E-state index contributed by atoms with van der Waals surface area (Å²) < 4.78 is 11.7. The summed E-state index contributed by atoms with van der Waals surface area (Å²) in [5, 5.41) is 55.5. The lowest BCUT2D eigenvalue weighted by atomic mass is 9.82. The van der Waals surface area contributed by atoms with Crippen molar-refractivity contribution in [2.75, 3.05) is 17.2 Å². The molecule has 0 aromatic heterocycles. The molecule has 0 bridgehead atoms. The van der Waals surface area contributed by atoms with Crippen molar-refractivity contribution in [3.8, 4) is 0 Å². The number of aliphatic hydroxyl groups excluding tert-OH is 5. The molecule has 2 fully saturated rings. The Kier molecular flexibility index (Phi) is 8.82. The van der Waals surface area contributed by atoms with Crippen molar-refractivity contribution in [3.05, 3.63) is 59.2 Å². The third kappa shape index (κ3) is 5.68. The molecular weight excluding hydrogens is 630 g/mol. The molecular formula is C32H41N3O11Si. The first-order valence-corrected chi connectivity index (χ1v) is 18.7. The fourth-order valence-corrected chi connectivity index (χ4v) is 10.4. The molecule has 0 radical (unpaired) electrons. The fourth-order valence-electron chi connectivity index (χ4n) is 7.80. The van der Waals surface area contributed by atoms with Crippen LogP contribution in [-0.2, 0) is 42.4 Å². The molecule has 2 saturated heterocycles. The highest BCUT2D eigenvalue weighted by molar-refractivity contribution is 6.71. The van der Waals surface area contributed by atoms with E-state index in [1.807, 2.05) is 24.3 Å². The molecule has 4 aliphatic heterocycles. The Morgan fingerprint density at radius 1 is 1.06 bits per heavy atom. The molecule has 10 atom stereocenters. The number of nitrogens with zero attached hydrogens (tertiary/aromatic N) is 1. The number of hydrogen-bond donors (Lipinski definition) is 8. The van der Waals surface area contributed by atoms with E-state index in [4.69, 9.17) is 9.47 Å². The van der Waals surface area contributed by atoms with Crippen LogP contribution in [0.25, 0.3) is 0 Å². The first-order chi connectivity index (χ1) is 22.2. The van der Waals surface area contributed by atoms with Crippen LogP contribution in [0.1, 0.15) is 30.0 Å². The SMILES string of the molecule is C[C@@H]1[C@@H]([Si](C)(C)O)[C@H](CC(=O)N2Cc3ccccc3C[C@H]2CO)O[C@@]12C(=O)Nc1ccc(NC(=O)[C@H]3O[C@@H](O)[C@H](O)[C@@H](O)[C@@H]3O)cc12. The highest BCUT2D eigenvalue weighted by Crippen LogP contribution is 2.58. The van der Waals surface area contributed by atoms with Gasteiger partial charge in [0.1, 0.15) is 18.3 Å². The average molecular weight is 672 g/mol. The van der Waals surface area contributed by atoms with Crippen LogP contribution in [0.2, 0.25) is 18.6 Å². The van der Waals surface area contributed by atoms with Crippen molar-refractivity contribution in [2.24, 2.45) is 5.92 Å². The second kappa shape index (κ2) is 12.3. The van der Waals surface area contributed by atoms with Gasteiger partial charge in [-0.05, 0) is 48.8 Å². The maximum atomic E-state index is 13.9. The summed E-state index contributed by atoms with van der Waals surface area (Å²) in [6, 6.07) is 11.9. The zero-order valence-electron chi connectivity index (χ0n) is 26.2. The first-order valence-electron chi connectivity index (χ1n) is 15.7. The summed E-state index contributed by atoms with van der Waals surface area (Å²) in [5.41, 5.74) is 0.873. The molecule has 47 heavy (non-hydrogen) atoms. The van der Waals surface area contributed by atoms with Gasteiger partial charge in [-0.2, -0.15) is 0 Å².